The minimum absolute atomic E-state index is 0.0165. The van der Waals surface area contributed by atoms with Gasteiger partial charge in [-0.2, -0.15) is 0 Å². The van der Waals surface area contributed by atoms with E-state index in [-0.39, 0.29) is 12.1 Å². The third-order valence-corrected chi connectivity index (χ3v) is 6.08. The van der Waals surface area contributed by atoms with Gasteiger partial charge in [0.1, 0.15) is 0 Å². The van der Waals surface area contributed by atoms with Crippen LogP contribution in [-0.4, -0.2) is 24.5 Å². The minimum atomic E-state index is -0.0527. The SMILES string of the molecule is Cc1ccccc1-n1cccc1[C@H]1[C@@H](c2ccccn2)NC(=S)N1Cc1cccnc1. The van der Waals surface area contributed by atoms with Crippen LogP contribution < -0.4 is 5.32 Å². The first-order valence-electron chi connectivity index (χ1n) is 10.3. The van der Waals surface area contributed by atoms with Crippen LogP contribution in [0.3, 0.4) is 0 Å². The summed E-state index contributed by atoms with van der Waals surface area (Å²) in [5, 5.41) is 4.26. The van der Waals surface area contributed by atoms with Crippen LogP contribution in [0, 0.1) is 6.92 Å². The molecule has 4 aromatic rings. The normalized spacial score (nSPS) is 18.2. The van der Waals surface area contributed by atoms with Crippen molar-refractivity contribution < 1.29 is 0 Å². The van der Waals surface area contributed by atoms with E-state index >= 15 is 0 Å². The maximum absolute atomic E-state index is 5.81. The molecule has 3 aromatic heterocycles. The molecule has 154 valence electrons. The summed E-state index contributed by atoms with van der Waals surface area (Å²) in [7, 11) is 0. The zero-order valence-corrected chi connectivity index (χ0v) is 18.0. The Morgan fingerprint density at radius 2 is 1.84 bits per heavy atom. The molecule has 5 rings (SSSR count). The Balaban J connectivity index is 1.62. The van der Waals surface area contributed by atoms with Crippen molar-refractivity contribution in [2.75, 3.05) is 0 Å². The van der Waals surface area contributed by atoms with Crippen LogP contribution in [0.25, 0.3) is 5.69 Å². The van der Waals surface area contributed by atoms with Gasteiger partial charge in [0.15, 0.2) is 5.11 Å². The van der Waals surface area contributed by atoms with Crippen LogP contribution in [0.15, 0.2) is 91.5 Å². The van der Waals surface area contributed by atoms with E-state index < -0.39 is 0 Å². The number of para-hydroxylation sites is 1. The molecule has 1 aromatic carbocycles. The first-order chi connectivity index (χ1) is 15.2. The fraction of sp³-hybridized carbons (Fsp3) is 0.160. The Morgan fingerprint density at radius 3 is 2.61 bits per heavy atom. The highest BCUT2D eigenvalue weighted by Gasteiger charge is 2.41. The first-order valence-corrected chi connectivity index (χ1v) is 10.7. The lowest BCUT2D eigenvalue weighted by atomic mass is 10.0. The number of aryl methyl sites for hydroxylation is 1. The zero-order valence-electron chi connectivity index (χ0n) is 17.2. The second-order valence-corrected chi connectivity index (χ2v) is 8.09. The Morgan fingerprint density at radius 1 is 0.968 bits per heavy atom. The summed E-state index contributed by atoms with van der Waals surface area (Å²) in [6.45, 7) is 2.81. The summed E-state index contributed by atoms with van der Waals surface area (Å²) in [6.07, 6.45) is 7.65. The summed E-state index contributed by atoms with van der Waals surface area (Å²) in [6, 6.07) is 22.7. The molecular formula is C25H23N5S. The van der Waals surface area contributed by atoms with Crippen LogP contribution in [0.1, 0.15) is 34.6 Å². The molecular weight excluding hydrogens is 402 g/mol. The maximum Gasteiger partial charge on any atom is 0.170 e. The van der Waals surface area contributed by atoms with E-state index in [2.05, 4.69) is 86.4 Å². The second-order valence-electron chi connectivity index (χ2n) is 7.71. The number of hydrogen-bond acceptors (Lipinski definition) is 3. The molecule has 2 atom stereocenters. The molecule has 0 bridgehead atoms. The van der Waals surface area contributed by atoms with E-state index in [1.54, 1.807) is 6.20 Å². The molecule has 4 heterocycles. The molecule has 1 fully saturated rings. The van der Waals surface area contributed by atoms with Gasteiger partial charge < -0.3 is 14.8 Å². The van der Waals surface area contributed by atoms with Crippen molar-refractivity contribution in [1.29, 1.82) is 0 Å². The zero-order chi connectivity index (χ0) is 21.2. The summed E-state index contributed by atoms with van der Waals surface area (Å²) in [5.74, 6) is 0. The highest BCUT2D eigenvalue weighted by molar-refractivity contribution is 7.80. The second kappa shape index (κ2) is 8.32. The molecule has 0 aliphatic carbocycles. The van der Waals surface area contributed by atoms with E-state index in [0.717, 1.165) is 16.4 Å². The molecule has 31 heavy (non-hydrogen) atoms. The monoisotopic (exact) mass is 425 g/mol. The Labute approximate surface area is 187 Å². The number of nitrogens with one attached hydrogen (secondary N) is 1. The molecule has 1 aliphatic rings. The maximum atomic E-state index is 5.81. The lowest BCUT2D eigenvalue weighted by molar-refractivity contribution is 0.302. The lowest BCUT2D eigenvalue weighted by Crippen LogP contribution is -2.30. The number of nitrogens with zero attached hydrogens (tertiary/aromatic N) is 4. The molecule has 1 aliphatic heterocycles. The number of thiocarbonyl (C=S) groups is 1. The van der Waals surface area contributed by atoms with Crippen molar-refractivity contribution in [3.05, 3.63) is 114 Å². The summed E-state index contributed by atoms with van der Waals surface area (Å²) < 4.78 is 2.27. The summed E-state index contributed by atoms with van der Waals surface area (Å²) in [5.41, 5.74) is 5.65. The molecule has 0 saturated carbocycles. The van der Waals surface area contributed by atoms with E-state index in [4.69, 9.17) is 12.2 Å². The first kappa shape index (κ1) is 19.5. The Bertz CT molecular complexity index is 1190. The third kappa shape index (κ3) is 3.70. The number of hydrogen-bond donors (Lipinski definition) is 1. The van der Waals surface area contributed by atoms with Crippen molar-refractivity contribution in [2.24, 2.45) is 0 Å². The molecule has 1 N–H and O–H groups in total. The van der Waals surface area contributed by atoms with E-state index in [1.807, 2.05) is 30.6 Å². The van der Waals surface area contributed by atoms with Crippen LogP contribution in [0.4, 0.5) is 0 Å². The van der Waals surface area contributed by atoms with Crippen LogP contribution in [0.2, 0.25) is 0 Å². The predicted molar refractivity (Wildman–Crippen MR) is 126 cm³/mol. The topological polar surface area (TPSA) is 46.0 Å². The standard InChI is InChI=1S/C25H23N5S/c1-18-8-2-3-11-21(18)29-15-7-12-22(29)24-23(20-10-4-5-14-27-20)28-25(31)30(24)17-19-9-6-13-26-16-19/h2-16,23-24H,17H2,1H3,(H,28,31)/t23-,24+/m1/s1. The fourth-order valence-electron chi connectivity index (χ4n) is 4.27. The molecule has 5 nitrogen and oxygen atoms in total. The largest absolute Gasteiger partial charge is 0.352 e. The van der Waals surface area contributed by atoms with Gasteiger partial charge >= 0.3 is 0 Å². The van der Waals surface area contributed by atoms with Gasteiger partial charge in [0.2, 0.25) is 0 Å². The molecule has 0 spiro atoms. The number of aromatic nitrogens is 3. The molecule has 0 radical (unpaired) electrons. The number of benzene rings is 1. The van der Waals surface area contributed by atoms with E-state index in [1.165, 1.54) is 16.9 Å². The van der Waals surface area contributed by atoms with Crippen LogP contribution >= 0.6 is 12.2 Å². The van der Waals surface area contributed by atoms with Crippen LogP contribution in [0.5, 0.6) is 0 Å². The van der Waals surface area contributed by atoms with Gasteiger partial charge in [-0.1, -0.05) is 30.3 Å². The Kier molecular flexibility index (Phi) is 5.22. The lowest BCUT2D eigenvalue weighted by Gasteiger charge is -2.29. The predicted octanol–water partition coefficient (Wildman–Crippen LogP) is 4.75. The van der Waals surface area contributed by atoms with Gasteiger partial charge in [0, 0.05) is 42.7 Å². The summed E-state index contributed by atoms with van der Waals surface area (Å²) >= 11 is 5.81. The van der Waals surface area contributed by atoms with Gasteiger partial charge in [0.25, 0.3) is 0 Å². The van der Waals surface area contributed by atoms with Gasteiger partial charge in [-0.05, 0) is 66.7 Å². The van der Waals surface area contributed by atoms with Crippen molar-refractivity contribution >= 4 is 17.3 Å². The average Bonchev–Trinajstić information content (AvgIpc) is 3.40. The fourth-order valence-corrected chi connectivity index (χ4v) is 4.58. The van der Waals surface area contributed by atoms with Crippen LogP contribution in [-0.2, 0) is 6.54 Å². The Hall–Kier alpha value is -3.51. The van der Waals surface area contributed by atoms with Gasteiger partial charge in [0.05, 0.1) is 17.8 Å². The smallest absolute Gasteiger partial charge is 0.170 e. The van der Waals surface area contributed by atoms with Crippen molar-refractivity contribution in [3.63, 3.8) is 0 Å². The number of pyridine rings is 2. The quantitative estimate of drug-likeness (QED) is 0.468. The van der Waals surface area contributed by atoms with Gasteiger partial charge in [-0.15, -0.1) is 0 Å². The highest BCUT2D eigenvalue weighted by atomic mass is 32.1. The van der Waals surface area contributed by atoms with Crippen molar-refractivity contribution in [2.45, 2.75) is 25.6 Å². The van der Waals surface area contributed by atoms with Gasteiger partial charge in [-0.3, -0.25) is 9.97 Å². The molecule has 1 saturated heterocycles. The molecule has 0 unspecified atom stereocenters. The van der Waals surface area contributed by atoms with Crippen molar-refractivity contribution in [3.8, 4) is 5.69 Å². The minimum Gasteiger partial charge on any atom is -0.352 e. The van der Waals surface area contributed by atoms with E-state index in [9.17, 15) is 0 Å². The molecule has 0 amide bonds. The summed E-state index contributed by atoms with van der Waals surface area (Å²) in [4.78, 5) is 11.2. The third-order valence-electron chi connectivity index (χ3n) is 5.73. The average molecular weight is 426 g/mol. The number of rotatable bonds is 5. The van der Waals surface area contributed by atoms with Crippen molar-refractivity contribution in [1.82, 2.24) is 24.8 Å². The molecule has 6 heteroatoms. The highest BCUT2D eigenvalue weighted by Crippen LogP contribution is 2.40. The van der Waals surface area contributed by atoms with Gasteiger partial charge in [-0.25, -0.2) is 0 Å². The van der Waals surface area contributed by atoms with E-state index in [0.29, 0.717) is 6.54 Å².